The van der Waals surface area contributed by atoms with Crippen LogP contribution in [0, 0.1) is 5.92 Å². The van der Waals surface area contributed by atoms with Gasteiger partial charge in [-0.25, -0.2) is 0 Å². The minimum absolute atomic E-state index is 0.0952. The van der Waals surface area contributed by atoms with E-state index in [4.69, 9.17) is 10.1 Å². The molecule has 2 aromatic carbocycles. The third-order valence-electron chi connectivity index (χ3n) is 8.04. The molecule has 0 heterocycles. The Balaban J connectivity index is 2.25. The molecule has 0 bridgehead atoms. The van der Waals surface area contributed by atoms with Crippen LogP contribution in [0.25, 0.3) is 0 Å². The Kier molecular flexibility index (Phi) is 16.7. The van der Waals surface area contributed by atoms with Crippen LogP contribution in [0.1, 0.15) is 61.9 Å². The Morgan fingerprint density at radius 1 is 0.939 bits per heavy atom. The third kappa shape index (κ3) is 12.9. The lowest BCUT2D eigenvalue weighted by molar-refractivity contribution is -0.144. The van der Waals surface area contributed by atoms with Crippen LogP contribution in [-0.2, 0) is 25.7 Å². The van der Waals surface area contributed by atoms with Gasteiger partial charge in [0.15, 0.2) is 0 Å². The number of aliphatic imine (C=N–C) groups is 1. The minimum Gasteiger partial charge on any atom is -0.481 e. The normalized spacial score (nSPS) is 12.4. The molecular formula is C35H51N7O7. The van der Waals surface area contributed by atoms with E-state index >= 15 is 0 Å². The lowest BCUT2D eigenvalue weighted by Gasteiger charge is -2.27. The summed E-state index contributed by atoms with van der Waals surface area (Å²) in [5.74, 6) is -3.84. The van der Waals surface area contributed by atoms with Gasteiger partial charge in [0.05, 0.1) is 30.4 Å². The van der Waals surface area contributed by atoms with Crippen LogP contribution in [0.3, 0.4) is 0 Å². The molecule has 0 aliphatic heterocycles. The third-order valence-corrected chi connectivity index (χ3v) is 8.04. The number of hydrogen-bond donors (Lipinski definition) is 6. The molecule has 0 aromatic heterocycles. The number of likely N-dealkylation sites (N-methyl/N-ethyl adjacent to an activating group) is 1. The Bertz CT molecular complexity index is 1480. The topological polar surface area (TPSA) is 193 Å². The first kappa shape index (κ1) is 40.2. The van der Waals surface area contributed by atoms with E-state index in [0.717, 1.165) is 17.1 Å². The van der Waals surface area contributed by atoms with E-state index < -0.39 is 23.9 Å². The molecule has 6 N–H and O–H groups in total. The maximum Gasteiger partial charge on any atom is 0.304 e. The minimum atomic E-state index is -1.09. The molecule has 0 radical (unpaired) electrons. The average molecular weight is 682 g/mol. The Morgan fingerprint density at radius 3 is 2.24 bits per heavy atom. The Hall–Kier alpha value is -4.98. The number of aliphatic carboxylic acids is 2. The van der Waals surface area contributed by atoms with Gasteiger partial charge in [-0.05, 0) is 62.2 Å². The van der Waals surface area contributed by atoms with Crippen LogP contribution in [0.15, 0.2) is 47.5 Å². The molecule has 0 saturated heterocycles. The number of carboxylic acid groups (broad SMARTS) is 2. The highest BCUT2D eigenvalue weighted by atomic mass is 16.4. The van der Waals surface area contributed by atoms with Crippen molar-refractivity contribution in [3.63, 3.8) is 0 Å². The number of amides is 3. The maximum absolute atomic E-state index is 13.6. The summed E-state index contributed by atoms with van der Waals surface area (Å²) in [4.78, 5) is 69.9. The molecular weight excluding hydrogens is 630 g/mol. The van der Waals surface area contributed by atoms with E-state index in [1.54, 1.807) is 51.2 Å². The number of hydrogen-bond acceptors (Lipinski definition) is 9. The SMILES string of the molecule is CCC(CN(C)C(=O)c1ccc(NC)c(CN(CCCNC(=O)[C@H](CCC(=O)O)NC)C(=O)[C@H](C)CC(=O)O)c1)=Nc1ccccc1NC. The van der Waals surface area contributed by atoms with Gasteiger partial charge in [-0.1, -0.05) is 26.0 Å². The van der Waals surface area contributed by atoms with Crippen molar-refractivity contribution in [3.8, 4) is 0 Å². The van der Waals surface area contributed by atoms with Gasteiger partial charge in [0.2, 0.25) is 11.8 Å². The number of nitrogens with zero attached hydrogens (tertiary/aromatic N) is 3. The van der Waals surface area contributed by atoms with Crippen LogP contribution in [0.4, 0.5) is 17.1 Å². The zero-order valence-corrected chi connectivity index (χ0v) is 29.3. The molecule has 0 fully saturated rings. The predicted octanol–water partition coefficient (Wildman–Crippen LogP) is 3.42. The first-order valence-corrected chi connectivity index (χ1v) is 16.4. The van der Waals surface area contributed by atoms with Crippen LogP contribution < -0.4 is 21.3 Å². The van der Waals surface area contributed by atoms with E-state index in [9.17, 15) is 29.1 Å². The summed E-state index contributed by atoms with van der Waals surface area (Å²) in [6.45, 7) is 4.36. The van der Waals surface area contributed by atoms with Crippen molar-refractivity contribution in [1.29, 1.82) is 0 Å². The van der Waals surface area contributed by atoms with Crippen LogP contribution in [0.5, 0.6) is 0 Å². The number of carbonyl (C=O) groups excluding carboxylic acids is 3. The van der Waals surface area contributed by atoms with E-state index in [1.165, 1.54) is 4.90 Å². The summed E-state index contributed by atoms with van der Waals surface area (Å²) in [5.41, 5.74) is 4.27. The van der Waals surface area contributed by atoms with Crippen molar-refractivity contribution in [1.82, 2.24) is 20.4 Å². The molecule has 14 nitrogen and oxygen atoms in total. The Labute approximate surface area is 288 Å². The Morgan fingerprint density at radius 2 is 1.63 bits per heavy atom. The molecule has 0 aliphatic carbocycles. The summed E-state index contributed by atoms with van der Waals surface area (Å²) < 4.78 is 0. The molecule has 0 saturated carbocycles. The highest BCUT2D eigenvalue weighted by Gasteiger charge is 2.25. The van der Waals surface area contributed by atoms with Crippen LogP contribution in [0.2, 0.25) is 0 Å². The highest BCUT2D eigenvalue weighted by molar-refractivity contribution is 5.99. The monoisotopic (exact) mass is 681 g/mol. The number of carboxylic acids is 2. The maximum atomic E-state index is 13.6. The van der Waals surface area contributed by atoms with Gasteiger partial charge < -0.3 is 41.3 Å². The van der Waals surface area contributed by atoms with Crippen molar-refractivity contribution in [2.45, 2.75) is 58.5 Å². The van der Waals surface area contributed by atoms with Gasteiger partial charge in [-0.15, -0.1) is 0 Å². The molecule has 0 spiro atoms. The standard InChI is InChI=1S/C35H51N7O7/c1-7-26(40-29-12-9-8-11-28(29)37-4)22-41(6)35(49)24-13-14-27(36-3)25(20-24)21-42(34(48)23(2)19-32(45)46)18-10-17-39-33(47)30(38-5)15-16-31(43)44/h8-9,11-14,20,23,30,36-38H,7,10,15-19,21-22H2,1-6H3,(H,39,47)(H,43,44)(H,45,46)/t23-,30+/m1/s1. The second kappa shape index (κ2) is 20.4. The molecule has 49 heavy (non-hydrogen) atoms. The quantitative estimate of drug-likeness (QED) is 0.0840. The first-order chi connectivity index (χ1) is 23.3. The van der Waals surface area contributed by atoms with Crippen LogP contribution >= 0.6 is 0 Å². The molecule has 268 valence electrons. The molecule has 0 aliphatic rings. The molecule has 0 unspecified atom stereocenters. The summed E-state index contributed by atoms with van der Waals surface area (Å²) in [7, 11) is 6.85. The van der Waals surface area contributed by atoms with Gasteiger partial charge in [-0.2, -0.15) is 0 Å². The van der Waals surface area contributed by atoms with Crippen molar-refractivity contribution >= 4 is 52.4 Å². The lowest BCUT2D eigenvalue weighted by Crippen LogP contribution is -2.44. The number of para-hydroxylation sites is 2. The summed E-state index contributed by atoms with van der Waals surface area (Å²) in [5, 5.41) is 30.1. The fraction of sp³-hybridized carbons (Fsp3) is 0.486. The fourth-order valence-electron chi connectivity index (χ4n) is 5.26. The average Bonchev–Trinajstić information content (AvgIpc) is 3.08. The summed E-state index contributed by atoms with van der Waals surface area (Å²) in [6.07, 6.45) is 0.624. The van der Waals surface area contributed by atoms with Crippen molar-refractivity contribution < 1.29 is 34.2 Å². The second-order valence-electron chi connectivity index (χ2n) is 11.8. The number of nitrogens with one attached hydrogen (secondary N) is 4. The van der Waals surface area contributed by atoms with Crippen molar-refractivity contribution in [3.05, 3.63) is 53.6 Å². The second-order valence-corrected chi connectivity index (χ2v) is 11.8. The largest absolute Gasteiger partial charge is 0.481 e. The molecule has 2 atom stereocenters. The molecule has 2 aromatic rings. The van der Waals surface area contributed by atoms with Gasteiger partial charge >= 0.3 is 11.9 Å². The van der Waals surface area contributed by atoms with E-state index in [0.29, 0.717) is 36.2 Å². The van der Waals surface area contributed by atoms with E-state index in [2.05, 4.69) is 21.3 Å². The number of carbonyl (C=O) groups is 5. The van der Waals surface area contributed by atoms with Crippen molar-refractivity contribution in [2.75, 3.05) is 58.5 Å². The van der Waals surface area contributed by atoms with E-state index in [1.807, 2.05) is 38.2 Å². The highest BCUT2D eigenvalue weighted by Crippen LogP contribution is 2.25. The smallest absolute Gasteiger partial charge is 0.304 e. The summed E-state index contributed by atoms with van der Waals surface area (Å²) in [6, 6.07) is 12.2. The fourth-order valence-corrected chi connectivity index (χ4v) is 5.26. The molecule has 14 heteroatoms. The van der Waals surface area contributed by atoms with Gasteiger partial charge in [0.25, 0.3) is 5.91 Å². The van der Waals surface area contributed by atoms with E-state index in [-0.39, 0.29) is 56.6 Å². The number of rotatable bonds is 21. The first-order valence-electron chi connectivity index (χ1n) is 16.4. The van der Waals surface area contributed by atoms with Gasteiger partial charge in [0.1, 0.15) is 0 Å². The molecule has 3 amide bonds. The molecule has 2 rings (SSSR count). The van der Waals surface area contributed by atoms with Crippen molar-refractivity contribution in [2.24, 2.45) is 10.9 Å². The zero-order valence-electron chi connectivity index (χ0n) is 29.3. The predicted molar refractivity (Wildman–Crippen MR) is 191 cm³/mol. The summed E-state index contributed by atoms with van der Waals surface area (Å²) >= 11 is 0. The zero-order chi connectivity index (χ0) is 36.5. The number of benzene rings is 2. The van der Waals surface area contributed by atoms with Crippen LogP contribution in [-0.4, -0.2) is 109 Å². The van der Waals surface area contributed by atoms with Gasteiger partial charge in [0, 0.05) is 70.1 Å². The van der Waals surface area contributed by atoms with Gasteiger partial charge in [-0.3, -0.25) is 29.0 Å². The number of anilines is 2. The lowest BCUT2D eigenvalue weighted by atomic mass is 10.0.